The van der Waals surface area contributed by atoms with E-state index in [2.05, 4.69) is 5.10 Å². The predicted molar refractivity (Wildman–Crippen MR) is 76.6 cm³/mol. The third-order valence-electron chi connectivity index (χ3n) is 3.94. The van der Waals surface area contributed by atoms with Gasteiger partial charge < -0.3 is 4.90 Å². The molecule has 1 aromatic rings. The molecule has 19 heavy (non-hydrogen) atoms. The van der Waals surface area contributed by atoms with Gasteiger partial charge in [0.1, 0.15) is 0 Å². The summed E-state index contributed by atoms with van der Waals surface area (Å²) in [5.74, 6) is 0.0440. The minimum atomic E-state index is 0.0440. The van der Waals surface area contributed by atoms with Gasteiger partial charge in [-0.1, -0.05) is 19.8 Å². The fourth-order valence-electron chi connectivity index (χ4n) is 2.82. The topological polar surface area (TPSA) is 38.1 Å². The van der Waals surface area contributed by atoms with Crippen LogP contribution in [0.3, 0.4) is 0 Å². The Morgan fingerprint density at radius 2 is 2.21 bits per heavy atom. The van der Waals surface area contributed by atoms with Crippen molar-refractivity contribution >= 4 is 17.5 Å². The van der Waals surface area contributed by atoms with Crippen molar-refractivity contribution in [2.75, 3.05) is 7.05 Å². The molecule has 1 amide bonds. The van der Waals surface area contributed by atoms with E-state index < -0.39 is 0 Å². The lowest BCUT2D eigenvalue weighted by molar-refractivity contribution is 0.0699. The molecule has 1 heterocycles. The predicted octanol–water partition coefficient (Wildman–Crippen LogP) is 2.60. The Morgan fingerprint density at radius 3 is 2.84 bits per heavy atom. The first kappa shape index (κ1) is 14.4. The summed E-state index contributed by atoms with van der Waals surface area (Å²) in [5.41, 5.74) is 1.57. The number of nitrogens with zero attached hydrogens (tertiary/aromatic N) is 3. The molecule has 2 unspecified atom stereocenters. The number of alkyl halides is 1. The van der Waals surface area contributed by atoms with Gasteiger partial charge in [-0.2, -0.15) is 5.10 Å². The van der Waals surface area contributed by atoms with Crippen LogP contribution in [-0.4, -0.2) is 39.1 Å². The first-order valence-corrected chi connectivity index (χ1v) is 7.42. The van der Waals surface area contributed by atoms with Crippen molar-refractivity contribution in [3.05, 3.63) is 17.5 Å². The van der Waals surface area contributed by atoms with E-state index in [1.165, 1.54) is 6.42 Å². The Morgan fingerprint density at radius 1 is 1.53 bits per heavy atom. The number of carbonyl (C=O) groups excluding carboxylic acids is 1. The van der Waals surface area contributed by atoms with Crippen molar-refractivity contribution in [3.63, 3.8) is 0 Å². The average molecular weight is 284 g/mol. The Kier molecular flexibility index (Phi) is 4.50. The van der Waals surface area contributed by atoms with Gasteiger partial charge in [-0.05, 0) is 19.3 Å². The molecule has 0 spiro atoms. The molecule has 0 aliphatic heterocycles. The number of hydrogen-bond acceptors (Lipinski definition) is 2. The SMILES string of the molecule is CCc1nn(C)cc1C(=O)N(C)C1CCCCC1Cl. The molecule has 0 aromatic carbocycles. The van der Waals surface area contributed by atoms with Gasteiger partial charge in [-0.3, -0.25) is 9.48 Å². The molecule has 0 bridgehead atoms. The third-order valence-corrected chi connectivity index (χ3v) is 4.44. The minimum Gasteiger partial charge on any atom is -0.337 e. The molecule has 0 radical (unpaired) electrons. The second-order valence-corrected chi connectivity index (χ2v) is 5.86. The maximum absolute atomic E-state index is 12.6. The summed E-state index contributed by atoms with van der Waals surface area (Å²) in [6, 6.07) is 0.146. The van der Waals surface area contributed by atoms with Crippen LogP contribution in [0.5, 0.6) is 0 Å². The molecule has 1 aliphatic carbocycles. The van der Waals surface area contributed by atoms with Crippen LogP contribution in [0.4, 0.5) is 0 Å². The number of amides is 1. The number of hydrogen-bond donors (Lipinski definition) is 0. The number of aromatic nitrogens is 2. The summed E-state index contributed by atoms with van der Waals surface area (Å²) in [6.45, 7) is 2.02. The molecule has 4 nitrogen and oxygen atoms in total. The van der Waals surface area contributed by atoms with Gasteiger partial charge in [0.25, 0.3) is 5.91 Å². The fraction of sp³-hybridized carbons (Fsp3) is 0.714. The zero-order chi connectivity index (χ0) is 14.0. The smallest absolute Gasteiger partial charge is 0.257 e. The standard InChI is InChI=1S/C14H22ClN3O/c1-4-12-10(9-17(2)16-12)14(19)18(3)13-8-6-5-7-11(13)15/h9,11,13H,4-8H2,1-3H3. The number of aryl methyl sites for hydroxylation is 2. The average Bonchev–Trinajstić information content (AvgIpc) is 2.79. The summed E-state index contributed by atoms with van der Waals surface area (Å²) in [7, 11) is 3.71. The van der Waals surface area contributed by atoms with E-state index >= 15 is 0 Å². The van der Waals surface area contributed by atoms with Crippen molar-refractivity contribution in [2.45, 2.75) is 50.4 Å². The lowest BCUT2D eigenvalue weighted by atomic mass is 9.93. The molecule has 5 heteroatoms. The maximum Gasteiger partial charge on any atom is 0.257 e. The van der Waals surface area contributed by atoms with Crippen molar-refractivity contribution in [1.29, 1.82) is 0 Å². The molecule has 2 rings (SSSR count). The van der Waals surface area contributed by atoms with Crippen molar-refractivity contribution in [2.24, 2.45) is 7.05 Å². The van der Waals surface area contributed by atoms with Crippen LogP contribution in [0.1, 0.15) is 48.7 Å². The highest BCUT2D eigenvalue weighted by Crippen LogP contribution is 2.27. The first-order chi connectivity index (χ1) is 9.04. The second kappa shape index (κ2) is 5.95. The van der Waals surface area contributed by atoms with Crippen LogP contribution >= 0.6 is 11.6 Å². The third kappa shape index (κ3) is 2.94. The zero-order valence-corrected chi connectivity index (χ0v) is 12.7. The van der Waals surface area contributed by atoms with E-state index in [1.54, 1.807) is 4.68 Å². The van der Waals surface area contributed by atoms with Crippen LogP contribution < -0.4 is 0 Å². The lowest BCUT2D eigenvalue weighted by Gasteiger charge is -2.34. The molecule has 0 saturated heterocycles. The molecular formula is C14H22ClN3O. The number of carbonyl (C=O) groups is 1. The monoisotopic (exact) mass is 283 g/mol. The molecule has 106 valence electrons. The maximum atomic E-state index is 12.6. The van der Waals surface area contributed by atoms with E-state index in [0.717, 1.165) is 31.4 Å². The van der Waals surface area contributed by atoms with Crippen LogP contribution in [0.2, 0.25) is 0 Å². The quantitative estimate of drug-likeness (QED) is 0.800. The Hall–Kier alpha value is -1.03. The largest absolute Gasteiger partial charge is 0.337 e. The van der Waals surface area contributed by atoms with Crippen LogP contribution in [0.25, 0.3) is 0 Å². The highest BCUT2D eigenvalue weighted by atomic mass is 35.5. The van der Waals surface area contributed by atoms with Crippen molar-refractivity contribution in [3.8, 4) is 0 Å². The first-order valence-electron chi connectivity index (χ1n) is 6.98. The normalized spacial score (nSPS) is 23.4. The minimum absolute atomic E-state index is 0.0440. The number of halogens is 1. The summed E-state index contributed by atoms with van der Waals surface area (Å²) in [4.78, 5) is 14.4. The molecule has 2 atom stereocenters. The van der Waals surface area contributed by atoms with Gasteiger partial charge in [-0.25, -0.2) is 0 Å². The van der Waals surface area contributed by atoms with Gasteiger partial charge in [0.2, 0.25) is 0 Å². The molecule has 1 fully saturated rings. The summed E-state index contributed by atoms with van der Waals surface area (Å²) < 4.78 is 1.71. The van der Waals surface area contributed by atoms with E-state index in [4.69, 9.17) is 11.6 Å². The molecule has 0 N–H and O–H groups in total. The number of rotatable bonds is 3. The lowest BCUT2D eigenvalue weighted by Crippen LogP contribution is -2.44. The van der Waals surface area contributed by atoms with Crippen molar-refractivity contribution < 1.29 is 4.79 Å². The van der Waals surface area contributed by atoms with E-state index in [0.29, 0.717) is 5.56 Å². The summed E-state index contributed by atoms with van der Waals surface area (Å²) in [6.07, 6.45) is 6.89. The molecule has 1 aliphatic rings. The van der Waals surface area contributed by atoms with Crippen LogP contribution in [0.15, 0.2) is 6.20 Å². The van der Waals surface area contributed by atoms with Gasteiger partial charge in [0.05, 0.1) is 16.6 Å². The molecule has 1 aromatic heterocycles. The Labute approximate surface area is 119 Å². The van der Waals surface area contributed by atoms with Gasteiger partial charge in [0, 0.05) is 26.3 Å². The van der Waals surface area contributed by atoms with E-state index in [9.17, 15) is 4.79 Å². The van der Waals surface area contributed by atoms with Gasteiger partial charge in [-0.15, -0.1) is 11.6 Å². The van der Waals surface area contributed by atoms with Gasteiger partial charge >= 0.3 is 0 Å². The summed E-state index contributed by atoms with van der Waals surface area (Å²) >= 11 is 6.37. The van der Waals surface area contributed by atoms with Crippen molar-refractivity contribution in [1.82, 2.24) is 14.7 Å². The summed E-state index contributed by atoms with van der Waals surface area (Å²) in [5, 5.41) is 4.41. The Bertz CT molecular complexity index is 458. The van der Waals surface area contributed by atoms with Crippen LogP contribution in [-0.2, 0) is 13.5 Å². The molecule has 1 saturated carbocycles. The Balaban J connectivity index is 2.18. The second-order valence-electron chi connectivity index (χ2n) is 5.30. The van der Waals surface area contributed by atoms with E-state index in [-0.39, 0.29) is 17.3 Å². The molecular weight excluding hydrogens is 262 g/mol. The highest BCUT2D eigenvalue weighted by Gasteiger charge is 2.31. The zero-order valence-electron chi connectivity index (χ0n) is 11.9. The van der Waals surface area contributed by atoms with Crippen LogP contribution in [0, 0.1) is 0 Å². The van der Waals surface area contributed by atoms with Gasteiger partial charge in [0.15, 0.2) is 0 Å². The highest BCUT2D eigenvalue weighted by molar-refractivity contribution is 6.21. The van der Waals surface area contributed by atoms with E-state index in [1.807, 2.05) is 32.1 Å². The fourth-order valence-corrected chi connectivity index (χ4v) is 3.27.